The summed E-state index contributed by atoms with van der Waals surface area (Å²) in [6.07, 6.45) is 4.20. The predicted molar refractivity (Wildman–Crippen MR) is 229 cm³/mol. The van der Waals surface area contributed by atoms with Crippen molar-refractivity contribution in [3.63, 3.8) is 0 Å². The lowest BCUT2D eigenvalue weighted by Gasteiger charge is -2.18. The Labute approximate surface area is 314 Å². The predicted octanol–water partition coefficient (Wildman–Crippen LogP) is 15.4. The van der Waals surface area contributed by atoms with Crippen molar-refractivity contribution in [1.29, 1.82) is 0 Å². The number of fused-ring (bicyclic) bond motifs is 2. The first-order valence-corrected chi connectivity index (χ1v) is 19.7. The fourth-order valence-corrected chi connectivity index (χ4v) is 7.54. The van der Waals surface area contributed by atoms with Gasteiger partial charge in [0.2, 0.25) is 5.69 Å². The maximum Gasteiger partial charge on any atom is 0.349 e. The first kappa shape index (κ1) is 41.3. The van der Waals surface area contributed by atoms with Gasteiger partial charge in [-0.2, -0.15) is 0 Å². The van der Waals surface area contributed by atoms with Crippen LogP contribution >= 0.6 is 11.8 Å². The lowest BCUT2D eigenvalue weighted by molar-refractivity contribution is -0.372. The fraction of sp³-hybridized carbons (Fsp3) is 0.354. The van der Waals surface area contributed by atoms with Crippen LogP contribution in [0, 0.1) is 6.92 Å². The van der Waals surface area contributed by atoms with Gasteiger partial charge in [-0.15, -0.1) is 4.58 Å². The molecule has 0 spiro atoms. The molecule has 0 fully saturated rings. The summed E-state index contributed by atoms with van der Waals surface area (Å²) in [6.45, 7) is 32.4. The molecule has 270 valence electrons. The molecule has 0 aliphatic carbocycles. The molecule has 51 heavy (non-hydrogen) atoms. The van der Waals surface area contributed by atoms with E-state index < -0.39 is 0 Å². The third kappa shape index (κ3) is 9.63. The molecular weight excluding hydrogens is 639 g/mol. The van der Waals surface area contributed by atoms with Gasteiger partial charge in [-0.3, -0.25) is 0 Å². The molecule has 5 aromatic rings. The SMILES string of the molecule is C=CSc1c2ccccc2c(OC(C)=[N+](/C=C\C)c2c(C(C)C)cccc2C(C)C)c2ccccc12.CC.Cc1c(C(C)C)cccc1C(C)C. The second-order valence-corrected chi connectivity index (χ2v) is 15.0. The number of hydrogen-bond donors (Lipinski definition) is 0. The smallest absolute Gasteiger partial charge is 0.349 e. The molecule has 5 rings (SSSR count). The maximum absolute atomic E-state index is 6.87. The molecule has 0 aliphatic rings. The Morgan fingerprint density at radius 1 is 0.627 bits per heavy atom. The zero-order valence-electron chi connectivity index (χ0n) is 33.6. The highest BCUT2D eigenvalue weighted by atomic mass is 32.2. The molecule has 0 N–H and O–H groups in total. The number of thioether (sulfide) groups is 1. The number of nitrogens with zero attached hydrogens (tertiary/aromatic N) is 1. The highest BCUT2D eigenvalue weighted by Crippen LogP contribution is 2.43. The quantitative estimate of drug-likeness (QED) is 0.0499. The van der Waals surface area contributed by atoms with E-state index in [1.165, 1.54) is 49.2 Å². The summed E-state index contributed by atoms with van der Waals surface area (Å²) in [7, 11) is 0. The lowest BCUT2D eigenvalue weighted by atomic mass is 9.90. The first-order valence-electron chi connectivity index (χ1n) is 18.8. The average Bonchev–Trinajstić information content (AvgIpc) is 3.12. The standard InChI is InChI=1S/C33H36NOS.C13H20.C2H6/c1-8-21-34(31-25(22(3)4)19-14-20-26(31)23(5)6)24(7)35-32-27-15-10-12-17-29(27)33(36-9-2)30-18-13-11-16-28(30)32;1-9(2)12-7-6-8-13(10(3)4)11(12)5;1-2/h8-23H,2H2,1,3-7H3;6-10H,1-5H3;1-2H3/q+1;;/b21-8-,34-24?;;. The fourth-order valence-electron chi connectivity index (χ4n) is 6.76. The van der Waals surface area contributed by atoms with Gasteiger partial charge in [-0.05, 0) is 76.5 Å². The minimum atomic E-state index is 0.385. The van der Waals surface area contributed by atoms with E-state index in [0.717, 1.165) is 22.4 Å². The molecule has 0 saturated carbocycles. The van der Waals surface area contributed by atoms with E-state index >= 15 is 0 Å². The monoisotopic (exact) mass is 700 g/mol. The molecule has 0 unspecified atom stereocenters. The molecule has 0 radical (unpaired) electrons. The van der Waals surface area contributed by atoms with Crippen molar-refractivity contribution in [1.82, 2.24) is 0 Å². The van der Waals surface area contributed by atoms with Gasteiger partial charge < -0.3 is 4.74 Å². The highest BCUT2D eigenvalue weighted by Gasteiger charge is 2.26. The summed E-state index contributed by atoms with van der Waals surface area (Å²) in [5.41, 5.74) is 8.31. The van der Waals surface area contributed by atoms with Gasteiger partial charge in [0.1, 0.15) is 5.75 Å². The van der Waals surface area contributed by atoms with Crippen LogP contribution in [-0.4, -0.2) is 10.5 Å². The topological polar surface area (TPSA) is 12.2 Å². The van der Waals surface area contributed by atoms with Crippen molar-refractivity contribution < 1.29 is 9.31 Å². The van der Waals surface area contributed by atoms with Crippen molar-refractivity contribution in [3.8, 4) is 5.75 Å². The Kier molecular flexibility index (Phi) is 15.8. The zero-order chi connectivity index (χ0) is 37.8. The van der Waals surface area contributed by atoms with Crippen molar-refractivity contribution in [2.24, 2.45) is 0 Å². The van der Waals surface area contributed by atoms with Crippen LogP contribution in [0.5, 0.6) is 5.75 Å². The van der Waals surface area contributed by atoms with Crippen molar-refractivity contribution in [3.05, 3.63) is 137 Å². The Bertz CT molecular complexity index is 1870. The molecule has 0 heterocycles. The summed E-state index contributed by atoms with van der Waals surface area (Å²) < 4.78 is 9.09. The van der Waals surface area contributed by atoms with E-state index in [1.54, 1.807) is 11.8 Å². The van der Waals surface area contributed by atoms with E-state index in [1.807, 2.05) is 19.3 Å². The van der Waals surface area contributed by atoms with Gasteiger partial charge in [0.05, 0.1) is 6.92 Å². The molecule has 0 saturated heterocycles. The van der Waals surface area contributed by atoms with Crippen LogP contribution in [-0.2, 0) is 0 Å². The van der Waals surface area contributed by atoms with Crippen LogP contribution in [0.1, 0.15) is 135 Å². The average molecular weight is 701 g/mol. The van der Waals surface area contributed by atoms with Gasteiger partial charge in [0.25, 0.3) is 0 Å². The van der Waals surface area contributed by atoms with Crippen LogP contribution in [0.25, 0.3) is 21.5 Å². The van der Waals surface area contributed by atoms with Gasteiger partial charge in [0.15, 0.2) is 6.20 Å². The van der Waals surface area contributed by atoms with Gasteiger partial charge in [-0.1, -0.05) is 173 Å². The van der Waals surface area contributed by atoms with Crippen molar-refractivity contribution >= 4 is 44.9 Å². The van der Waals surface area contributed by atoms with Gasteiger partial charge in [-0.25, -0.2) is 0 Å². The molecule has 0 amide bonds. The Balaban J connectivity index is 0.000000393. The molecule has 0 aliphatic heterocycles. The molecule has 3 heteroatoms. The van der Waals surface area contributed by atoms with Crippen LogP contribution < -0.4 is 4.74 Å². The normalized spacial score (nSPS) is 11.9. The zero-order valence-corrected chi connectivity index (χ0v) is 34.4. The molecule has 0 bridgehead atoms. The lowest BCUT2D eigenvalue weighted by Crippen LogP contribution is -2.19. The largest absolute Gasteiger partial charge is 0.407 e. The molecule has 5 aromatic carbocycles. The number of rotatable bonds is 9. The van der Waals surface area contributed by atoms with Crippen LogP contribution in [0.15, 0.2) is 114 Å². The van der Waals surface area contributed by atoms with E-state index in [-0.39, 0.29) is 0 Å². The Morgan fingerprint density at radius 3 is 1.39 bits per heavy atom. The summed E-state index contributed by atoms with van der Waals surface area (Å²) in [4.78, 5) is 1.21. The van der Waals surface area contributed by atoms with Crippen LogP contribution in [0.2, 0.25) is 0 Å². The van der Waals surface area contributed by atoms with Crippen molar-refractivity contribution in [2.45, 2.75) is 119 Å². The summed E-state index contributed by atoms with van der Waals surface area (Å²) in [5, 5.41) is 6.44. The molecular formula is C48H62NOS+. The number of benzene rings is 5. The molecule has 0 aromatic heterocycles. The maximum atomic E-state index is 6.87. The summed E-state index contributed by atoms with van der Waals surface area (Å²) >= 11 is 1.66. The van der Waals surface area contributed by atoms with Crippen LogP contribution in [0.4, 0.5) is 5.69 Å². The second-order valence-electron chi connectivity index (χ2n) is 14.0. The first-order chi connectivity index (χ1) is 24.4. The number of ether oxygens (including phenoxy) is 1. The molecule has 0 atom stereocenters. The van der Waals surface area contributed by atoms with E-state index in [0.29, 0.717) is 23.7 Å². The second kappa shape index (κ2) is 19.5. The third-order valence-electron chi connectivity index (χ3n) is 9.17. The van der Waals surface area contributed by atoms with E-state index in [4.69, 9.17) is 4.74 Å². The third-order valence-corrected chi connectivity index (χ3v) is 10.0. The highest BCUT2D eigenvalue weighted by molar-refractivity contribution is 8.02. The molecule has 2 nitrogen and oxygen atoms in total. The summed E-state index contributed by atoms with van der Waals surface area (Å²) in [5.74, 6) is 3.75. The Morgan fingerprint density at radius 2 is 1.02 bits per heavy atom. The van der Waals surface area contributed by atoms with Crippen molar-refractivity contribution in [2.75, 3.05) is 0 Å². The van der Waals surface area contributed by atoms with Gasteiger partial charge >= 0.3 is 5.90 Å². The number of allylic oxidation sites excluding steroid dienone is 1. The number of para-hydroxylation sites is 1. The minimum absolute atomic E-state index is 0.385. The van der Waals surface area contributed by atoms with Gasteiger partial charge in [0, 0.05) is 26.8 Å². The Hall–Kier alpha value is -4.08. The summed E-state index contributed by atoms with van der Waals surface area (Å²) in [6, 6.07) is 30.3. The number of hydrogen-bond acceptors (Lipinski definition) is 2. The van der Waals surface area contributed by atoms with Crippen LogP contribution in [0.3, 0.4) is 0 Å². The van der Waals surface area contributed by atoms with E-state index in [9.17, 15) is 0 Å². The van der Waals surface area contributed by atoms with E-state index in [2.05, 4.69) is 185 Å². The minimum Gasteiger partial charge on any atom is -0.407 e.